The van der Waals surface area contributed by atoms with Crippen LogP contribution in [-0.4, -0.2) is 18.0 Å². The van der Waals surface area contributed by atoms with Gasteiger partial charge in [0.05, 0.1) is 27.2 Å². The number of benzene rings is 3. The van der Waals surface area contributed by atoms with E-state index in [4.69, 9.17) is 0 Å². The van der Waals surface area contributed by atoms with E-state index < -0.39 is 10.0 Å². The fourth-order valence-electron chi connectivity index (χ4n) is 3.27. The summed E-state index contributed by atoms with van der Waals surface area (Å²) >= 11 is 0. The van der Waals surface area contributed by atoms with Crippen molar-refractivity contribution < 1.29 is 8.42 Å². The highest BCUT2D eigenvalue weighted by Gasteiger charge is 2.16. The molecule has 0 saturated heterocycles. The van der Waals surface area contributed by atoms with Crippen molar-refractivity contribution in [1.29, 1.82) is 0 Å². The van der Waals surface area contributed by atoms with Crippen molar-refractivity contribution in [2.24, 2.45) is 0 Å². The van der Waals surface area contributed by atoms with Gasteiger partial charge in [-0.15, -0.1) is 0 Å². The lowest BCUT2D eigenvalue weighted by molar-refractivity contribution is 0.601. The quantitative estimate of drug-likeness (QED) is 0.560. The first-order valence-electron chi connectivity index (χ1n) is 9.04. The second-order valence-electron chi connectivity index (χ2n) is 6.74. The highest BCUT2D eigenvalue weighted by Crippen LogP contribution is 2.21. The fraction of sp³-hybridized carbons (Fsp3) is 0.0909. The Labute approximate surface area is 168 Å². The van der Waals surface area contributed by atoms with Crippen LogP contribution in [0.4, 0.5) is 5.69 Å². The summed E-state index contributed by atoms with van der Waals surface area (Å²) in [5.41, 5.74) is 2.33. The van der Waals surface area contributed by atoms with Crippen LogP contribution >= 0.6 is 0 Å². The summed E-state index contributed by atoms with van der Waals surface area (Å²) in [6.45, 7) is 3.70. The molecule has 1 heterocycles. The summed E-state index contributed by atoms with van der Waals surface area (Å²) in [6.07, 6.45) is 0. The second-order valence-corrected chi connectivity index (χ2v) is 8.42. The molecule has 0 atom stereocenters. The third-order valence-electron chi connectivity index (χ3n) is 4.70. The molecule has 29 heavy (non-hydrogen) atoms. The molecule has 0 unspecified atom stereocenters. The normalized spacial score (nSPS) is 11.5. The standard InChI is InChI=1S/C22H19N3O3S/c1-15-8-6-7-11-21(15)25-16(2)23-20-14-17(12-13-19(20)22(25)26)24-29(27,28)18-9-4-3-5-10-18/h3-14,24H,1-2H3. The number of anilines is 1. The smallest absolute Gasteiger partial charge is 0.265 e. The van der Waals surface area contributed by atoms with Gasteiger partial charge in [0.15, 0.2) is 0 Å². The molecule has 4 aromatic rings. The van der Waals surface area contributed by atoms with Crippen LogP contribution in [0, 0.1) is 13.8 Å². The van der Waals surface area contributed by atoms with Gasteiger partial charge < -0.3 is 0 Å². The maximum absolute atomic E-state index is 13.1. The lowest BCUT2D eigenvalue weighted by Crippen LogP contribution is -2.23. The van der Waals surface area contributed by atoms with Crippen LogP contribution in [0.3, 0.4) is 0 Å². The Hall–Kier alpha value is -3.45. The van der Waals surface area contributed by atoms with Gasteiger partial charge >= 0.3 is 0 Å². The van der Waals surface area contributed by atoms with E-state index in [0.717, 1.165) is 11.3 Å². The molecule has 3 aromatic carbocycles. The molecule has 0 radical (unpaired) electrons. The average Bonchev–Trinajstić information content (AvgIpc) is 2.69. The van der Waals surface area contributed by atoms with Crippen LogP contribution in [0.15, 0.2) is 82.5 Å². The number of aromatic nitrogens is 2. The fourth-order valence-corrected chi connectivity index (χ4v) is 4.34. The molecule has 1 N–H and O–H groups in total. The van der Waals surface area contributed by atoms with Crippen molar-refractivity contribution in [3.63, 3.8) is 0 Å². The van der Waals surface area contributed by atoms with Crippen molar-refractivity contribution in [2.45, 2.75) is 18.7 Å². The molecule has 0 bridgehead atoms. The lowest BCUT2D eigenvalue weighted by Gasteiger charge is -2.14. The first-order chi connectivity index (χ1) is 13.9. The van der Waals surface area contributed by atoms with Gasteiger partial charge in [0.25, 0.3) is 15.6 Å². The van der Waals surface area contributed by atoms with Gasteiger partial charge in [-0.2, -0.15) is 0 Å². The van der Waals surface area contributed by atoms with Gasteiger partial charge in [-0.25, -0.2) is 13.4 Å². The number of fused-ring (bicyclic) bond motifs is 1. The number of aryl methyl sites for hydroxylation is 2. The summed E-state index contributed by atoms with van der Waals surface area (Å²) in [5, 5.41) is 0.418. The number of hydrogen-bond donors (Lipinski definition) is 1. The van der Waals surface area contributed by atoms with Crippen LogP contribution in [-0.2, 0) is 10.0 Å². The number of sulfonamides is 1. The first kappa shape index (κ1) is 18.9. The maximum atomic E-state index is 13.1. The molecule has 0 saturated carbocycles. The van der Waals surface area contributed by atoms with E-state index in [1.165, 1.54) is 12.1 Å². The number of nitrogens with one attached hydrogen (secondary N) is 1. The average molecular weight is 405 g/mol. The Morgan fingerprint density at radius 2 is 1.59 bits per heavy atom. The minimum Gasteiger partial charge on any atom is -0.280 e. The summed E-state index contributed by atoms with van der Waals surface area (Å²) in [6, 6.07) is 20.5. The van der Waals surface area contributed by atoms with Gasteiger partial charge in [0.2, 0.25) is 0 Å². The Kier molecular flexibility index (Phi) is 4.68. The van der Waals surface area contributed by atoms with Crippen LogP contribution < -0.4 is 10.3 Å². The van der Waals surface area contributed by atoms with Crippen molar-refractivity contribution in [3.8, 4) is 5.69 Å². The molecule has 1 aromatic heterocycles. The Morgan fingerprint density at radius 1 is 0.897 bits per heavy atom. The van der Waals surface area contributed by atoms with Gasteiger partial charge in [-0.1, -0.05) is 36.4 Å². The molecule has 6 nitrogen and oxygen atoms in total. The first-order valence-corrected chi connectivity index (χ1v) is 10.5. The molecular formula is C22H19N3O3S. The largest absolute Gasteiger partial charge is 0.280 e. The van der Waals surface area contributed by atoms with Crippen molar-refractivity contribution in [2.75, 3.05) is 4.72 Å². The zero-order valence-electron chi connectivity index (χ0n) is 16.0. The SMILES string of the molecule is Cc1ccccc1-n1c(C)nc2cc(NS(=O)(=O)c3ccccc3)ccc2c1=O. The molecule has 0 aliphatic rings. The number of para-hydroxylation sites is 1. The Balaban J connectivity index is 1.80. The summed E-state index contributed by atoms with van der Waals surface area (Å²) in [7, 11) is -3.72. The minimum atomic E-state index is -3.72. The van der Waals surface area contributed by atoms with Gasteiger partial charge in [-0.05, 0) is 55.8 Å². The molecule has 0 spiro atoms. The highest BCUT2D eigenvalue weighted by molar-refractivity contribution is 7.92. The van der Waals surface area contributed by atoms with E-state index in [0.29, 0.717) is 22.4 Å². The van der Waals surface area contributed by atoms with Crippen LogP contribution in [0.2, 0.25) is 0 Å². The molecule has 146 valence electrons. The molecule has 0 aliphatic heterocycles. The second kappa shape index (κ2) is 7.18. The molecule has 7 heteroatoms. The maximum Gasteiger partial charge on any atom is 0.265 e. The third kappa shape index (κ3) is 3.52. The molecule has 0 aliphatic carbocycles. The van der Waals surface area contributed by atoms with Gasteiger partial charge in [0.1, 0.15) is 5.82 Å². The monoisotopic (exact) mass is 405 g/mol. The van der Waals surface area contributed by atoms with E-state index in [2.05, 4.69) is 9.71 Å². The minimum absolute atomic E-state index is 0.166. The number of hydrogen-bond acceptors (Lipinski definition) is 4. The molecule has 4 rings (SSSR count). The predicted molar refractivity (Wildman–Crippen MR) is 114 cm³/mol. The van der Waals surface area contributed by atoms with E-state index >= 15 is 0 Å². The van der Waals surface area contributed by atoms with E-state index in [-0.39, 0.29) is 10.5 Å². The Morgan fingerprint density at radius 3 is 2.31 bits per heavy atom. The number of rotatable bonds is 4. The summed E-state index contributed by atoms with van der Waals surface area (Å²) in [5.74, 6) is 0.528. The molecular weight excluding hydrogens is 386 g/mol. The predicted octanol–water partition coefficient (Wildman–Crippen LogP) is 3.80. The zero-order chi connectivity index (χ0) is 20.6. The molecule has 0 amide bonds. The third-order valence-corrected chi connectivity index (χ3v) is 6.10. The van der Waals surface area contributed by atoms with Gasteiger partial charge in [-0.3, -0.25) is 14.1 Å². The van der Waals surface area contributed by atoms with Crippen LogP contribution in [0.5, 0.6) is 0 Å². The van der Waals surface area contributed by atoms with E-state index in [9.17, 15) is 13.2 Å². The van der Waals surface area contributed by atoms with E-state index in [1.807, 2.05) is 31.2 Å². The topological polar surface area (TPSA) is 81.1 Å². The van der Waals surface area contributed by atoms with E-state index in [1.54, 1.807) is 47.9 Å². The Bertz CT molecular complexity index is 1380. The summed E-state index contributed by atoms with van der Waals surface area (Å²) < 4.78 is 29.2. The van der Waals surface area contributed by atoms with Crippen molar-refractivity contribution >= 4 is 26.6 Å². The van der Waals surface area contributed by atoms with Crippen LogP contribution in [0.1, 0.15) is 11.4 Å². The number of nitrogens with zero attached hydrogens (tertiary/aromatic N) is 2. The highest BCUT2D eigenvalue weighted by atomic mass is 32.2. The lowest BCUT2D eigenvalue weighted by atomic mass is 10.1. The van der Waals surface area contributed by atoms with Crippen molar-refractivity contribution in [3.05, 3.63) is 94.5 Å². The van der Waals surface area contributed by atoms with Crippen LogP contribution in [0.25, 0.3) is 16.6 Å². The summed E-state index contributed by atoms with van der Waals surface area (Å²) in [4.78, 5) is 17.8. The zero-order valence-corrected chi connectivity index (χ0v) is 16.8. The molecule has 0 fully saturated rings. The van der Waals surface area contributed by atoms with Crippen molar-refractivity contribution in [1.82, 2.24) is 9.55 Å². The van der Waals surface area contributed by atoms with Gasteiger partial charge in [0, 0.05) is 0 Å².